The first-order valence-corrected chi connectivity index (χ1v) is 9.68. The number of hydrogen-bond acceptors (Lipinski definition) is 2. The van der Waals surface area contributed by atoms with Crippen molar-refractivity contribution in [3.8, 4) is 0 Å². The first kappa shape index (κ1) is 20.9. The van der Waals surface area contributed by atoms with Crippen LogP contribution in [-0.2, 0) is 9.32 Å². The van der Waals surface area contributed by atoms with Gasteiger partial charge in [0.2, 0.25) is 0 Å². The molecule has 0 rings (SSSR count). The summed E-state index contributed by atoms with van der Waals surface area (Å²) in [5, 5.41) is 0. The Bertz CT molecular complexity index is 219. The molecular weight excluding hydrogens is 279 g/mol. The normalized spacial score (nSPS) is 10.8. The van der Waals surface area contributed by atoms with Crippen molar-refractivity contribution >= 4 is 15.4 Å². The minimum atomic E-state index is -0.102. The van der Waals surface area contributed by atoms with Gasteiger partial charge in [0.1, 0.15) is 0 Å². The van der Waals surface area contributed by atoms with Crippen molar-refractivity contribution in [1.29, 1.82) is 0 Å². The van der Waals surface area contributed by atoms with Crippen LogP contribution in [0.3, 0.4) is 0 Å². The van der Waals surface area contributed by atoms with Crippen molar-refractivity contribution in [2.24, 2.45) is 0 Å². The molecule has 0 N–H and O–H groups in total. The lowest BCUT2D eigenvalue weighted by molar-refractivity contribution is -0.133. The Hall–Kier alpha value is -0.100. The van der Waals surface area contributed by atoms with Gasteiger partial charge in [-0.1, -0.05) is 96.8 Å². The van der Waals surface area contributed by atoms with E-state index in [2.05, 4.69) is 11.4 Å². The number of rotatable bonds is 16. The molecule has 3 heteroatoms. The Labute approximate surface area is 135 Å². The van der Waals surface area contributed by atoms with Gasteiger partial charge in [-0.15, -0.1) is 0 Å². The van der Waals surface area contributed by atoms with Gasteiger partial charge in [-0.25, -0.2) is 0 Å². The van der Waals surface area contributed by atoms with Crippen LogP contribution >= 0.6 is 9.47 Å². The van der Waals surface area contributed by atoms with E-state index in [4.69, 9.17) is 0 Å². The van der Waals surface area contributed by atoms with Gasteiger partial charge in [-0.2, -0.15) is 0 Å². The van der Waals surface area contributed by atoms with Crippen molar-refractivity contribution in [3.05, 3.63) is 0 Å². The van der Waals surface area contributed by atoms with Gasteiger partial charge in [0.25, 0.3) is 0 Å². The molecule has 0 aliphatic carbocycles. The molecule has 0 aromatic heterocycles. The molecule has 0 fully saturated rings. The van der Waals surface area contributed by atoms with Crippen molar-refractivity contribution in [3.63, 3.8) is 0 Å². The second-order valence-corrected chi connectivity index (χ2v) is 6.43. The molecular formula is C18H37O2P. The quantitative estimate of drug-likeness (QED) is 0.237. The van der Waals surface area contributed by atoms with E-state index in [-0.39, 0.29) is 5.97 Å². The Morgan fingerprint density at radius 2 is 1.00 bits per heavy atom. The summed E-state index contributed by atoms with van der Waals surface area (Å²) in [5.41, 5.74) is 0. The summed E-state index contributed by atoms with van der Waals surface area (Å²) in [5.74, 6) is -0.102. The smallest absolute Gasteiger partial charge is 0.307 e. The summed E-state index contributed by atoms with van der Waals surface area (Å²) in [4.78, 5) is 10.9. The molecule has 0 aliphatic rings. The van der Waals surface area contributed by atoms with Crippen LogP contribution in [0, 0.1) is 0 Å². The van der Waals surface area contributed by atoms with Crippen LogP contribution in [0.4, 0.5) is 0 Å². The highest BCUT2D eigenvalue weighted by molar-refractivity contribution is 7.10. The second kappa shape index (κ2) is 18.0. The van der Waals surface area contributed by atoms with Crippen molar-refractivity contribution in [2.75, 3.05) is 0 Å². The standard InChI is InChI=1S/C18H37O2P/c1-2-3-4-5-6-7-8-9-10-11-12-13-14-15-16-17-18(19)20-21/h2-17,21H2,1H3. The first-order chi connectivity index (χ1) is 10.3. The maximum atomic E-state index is 10.9. The van der Waals surface area contributed by atoms with Crippen LogP contribution in [0.5, 0.6) is 0 Å². The molecule has 2 nitrogen and oxygen atoms in total. The van der Waals surface area contributed by atoms with E-state index < -0.39 is 0 Å². The minimum absolute atomic E-state index is 0.102. The summed E-state index contributed by atoms with van der Waals surface area (Å²) in [7, 11) is 2.02. The van der Waals surface area contributed by atoms with Gasteiger partial charge in [0, 0.05) is 6.42 Å². The monoisotopic (exact) mass is 316 g/mol. The number of hydrogen-bond donors (Lipinski definition) is 0. The van der Waals surface area contributed by atoms with E-state index in [0.717, 1.165) is 12.8 Å². The van der Waals surface area contributed by atoms with Crippen LogP contribution in [0.2, 0.25) is 0 Å². The third-order valence-corrected chi connectivity index (χ3v) is 4.38. The van der Waals surface area contributed by atoms with E-state index in [0.29, 0.717) is 6.42 Å². The molecule has 1 unspecified atom stereocenters. The van der Waals surface area contributed by atoms with Crippen LogP contribution in [-0.4, -0.2) is 5.97 Å². The zero-order valence-electron chi connectivity index (χ0n) is 14.2. The van der Waals surface area contributed by atoms with Crippen LogP contribution in [0.15, 0.2) is 0 Å². The van der Waals surface area contributed by atoms with E-state index in [9.17, 15) is 4.79 Å². The van der Waals surface area contributed by atoms with Crippen molar-refractivity contribution in [1.82, 2.24) is 0 Å². The molecule has 0 amide bonds. The molecule has 0 spiro atoms. The van der Waals surface area contributed by atoms with Crippen molar-refractivity contribution < 1.29 is 9.32 Å². The molecule has 0 saturated carbocycles. The molecule has 21 heavy (non-hydrogen) atoms. The molecule has 0 aromatic rings. The van der Waals surface area contributed by atoms with Gasteiger partial charge >= 0.3 is 5.97 Å². The lowest BCUT2D eigenvalue weighted by Crippen LogP contribution is -1.95. The topological polar surface area (TPSA) is 26.3 Å². The van der Waals surface area contributed by atoms with Crippen LogP contribution in [0.1, 0.15) is 110 Å². The third-order valence-electron chi connectivity index (χ3n) is 4.12. The predicted octanol–water partition coefficient (Wildman–Crippen LogP) is 6.58. The largest absolute Gasteiger partial charge is 0.452 e. The summed E-state index contributed by atoms with van der Waals surface area (Å²) >= 11 is 0. The predicted molar refractivity (Wildman–Crippen MR) is 95.3 cm³/mol. The molecule has 126 valence electrons. The zero-order chi connectivity index (χ0) is 15.6. The third kappa shape index (κ3) is 17.8. The molecule has 0 heterocycles. The first-order valence-electron chi connectivity index (χ1n) is 9.20. The highest BCUT2D eigenvalue weighted by Gasteiger charge is 1.99. The summed E-state index contributed by atoms with van der Waals surface area (Å²) < 4.78 is 4.55. The van der Waals surface area contributed by atoms with Gasteiger partial charge in [-0.05, 0) is 6.42 Å². The lowest BCUT2D eigenvalue weighted by Gasteiger charge is -2.03. The second-order valence-electron chi connectivity index (χ2n) is 6.19. The Morgan fingerprint density at radius 3 is 1.33 bits per heavy atom. The average molecular weight is 316 g/mol. The number of carbonyl (C=O) groups is 1. The highest BCUT2D eigenvalue weighted by atomic mass is 31.0. The highest BCUT2D eigenvalue weighted by Crippen LogP contribution is 2.13. The maximum absolute atomic E-state index is 10.9. The van der Waals surface area contributed by atoms with Gasteiger partial charge in [0.15, 0.2) is 0 Å². The molecule has 0 aliphatic heterocycles. The zero-order valence-corrected chi connectivity index (χ0v) is 15.4. The molecule has 0 bridgehead atoms. The van der Waals surface area contributed by atoms with E-state index in [1.807, 2.05) is 9.47 Å². The average Bonchev–Trinajstić information content (AvgIpc) is 2.50. The molecule has 1 atom stereocenters. The maximum Gasteiger partial charge on any atom is 0.307 e. The van der Waals surface area contributed by atoms with Gasteiger partial charge < -0.3 is 4.52 Å². The Balaban J connectivity index is 2.98. The fraction of sp³-hybridized carbons (Fsp3) is 0.944. The van der Waals surface area contributed by atoms with E-state index >= 15 is 0 Å². The van der Waals surface area contributed by atoms with Gasteiger partial charge in [0.05, 0.1) is 9.47 Å². The molecule has 0 aromatic carbocycles. The fourth-order valence-electron chi connectivity index (χ4n) is 2.70. The van der Waals surface area contributed by atoms with E-state index in [1.165, 1.54) is 83.5 Å². The van der Waals surface area contributed by atoms with Crippen molar-refractivity contribution in [2.45, 2.75) is 110 Å². The molecule has 0 saturated heterocycles. The minimum Gasteiger partial charge on any atom is -0.452 e. The van der Waals surface area contributed by atoms with E-state index in [1.54, 1.807) is 0 Å². The fourth-order valence-corrected chi connectivity index (χ4v) is 2.82. The summed E-state index contributed by atoms with van der Waals surface area (Å²) in [6.45, 7) is 2.28. The summed E-state index contributed by atoms with van der Waals surface area (Å²) in [6.07, 6.45) is 20.9. The number of carbonyl (C=O) groups excluding carboxylic acids is 1. The summed E-state index contributed by atoms with van der Waals surface area (Å²) in [6, 6.07) is 0. The number of unbranched alkanes of at least 4 members (excludes halogenated alkanes) is 14. The lowest BCUT2D eigenvalue weighted by atomic mass is 10.0. The Morgan fingerprint density at radius 1 is 0.667 bits per heavy atom. The molecule has 0 radical (unpaired) electrons. The Kier molecular flexibility index (Phi) is 17.9. The van der Waals surface area contributed by atoms with Crippen LogP contribution in [0.25, 0.3) is 0 Å². The van der Waals surface area contributed by atoms with Gasteiger partial charge in [-0.3, -0.25) is 4.79 Å². The van der Waals surface area contributed by atoms with Crippen LogP contribution < -0.4 is 0 Å². The SMILES string of the molecule is CCCCCCCCCCCCCCCCCC(=O)OP.